The molecule has 0 aromatic rings. The van der Waals surface area contributed by atoms with E-state index in [0.717, 1.165) is 32.6 Å². The highest BCUT2D eigenvalue weighted by atomic mass is 16.4. The van der Waals surface area contributed by atoms with Gasteiger partial charge in [-0.1, -0.05) is 12.1 Å². The summed E-state index contributed by atoms with van der Waals surface area (Å²) in [6.45, 7) is 6.02. The number of hydrogen-bond acceptors (Lipinski definition) is 5. The smallest absolute Gasteiger partial charge is 0.157 e. The van der Waals surface area contributed by atoms with Gasteiger partial charge in [0, 0.05) is 26.2 Å². The van der Waals surface area contributed by atoms with Gasteiger partial charge in [-0.2, -0.15) is 0 Å². The van der Waals surface area contributed by atoms with Crippen LogP contribution in [0.3, 0.4) is 0 Å². The molecule has 0 bridgehead atoms. The molecule has 6 heteroatoms. The van der Waals surface area contributed by atoms with Gasteiger partial charge in [0.25, 0.3) is 0 Å². The van der Waals surface area contributed by atoms with Crippen LogP contribution in [0.4, 0.5) is 0 Å². The quantitative estimate of drug-likeness (QED) is 0.249. The summed E-state index contributed by atoms with van der Waals surface area (Å²) in [6.07, 6.45) is 0.808. The van der Waals surface area contributed by atoms with Crippen LogP contribution in [0.25, 0.3) is 0 Å². The summed E-state index contributed by atoms with van der Waals surface area (Å²) in [5.74, 6) is 0.247. The summed E-state index contributed by atoms with van der Waals surface area (Å²) in [7, 11) is 2.11. The first-order valence-corrected chi connectivity index (χ1v) is 5.34. The van der Waals surface area contributed by atoms with Gasteiger partial charge < -0.3 is 15.8 Å². The number of oxime groups is 1. The number of hydrazine groups is 1. The first-order chi connectivity index (χ1) is 7.17. The van der Waals surface area contributed by atoms with E-state index >= 15 is 0 Å². The lowest BCUT2D eigenvalue weighted by molar-refractivity contribution is 0.0959. The van der Waals surface area contributed by atoms with Crippen molar-refractivity contribution in [2.45, 2.75) is 19.4 Å². The van der Waals surface area contributed by atoms with Crippen LogP contribution in [0.1, 0.15) is 13.3 Å². The SMILES string of the molecule is CCC(NN1CCN(C)CC1)C(N)=NO. The van der Waals surface area contributed by atoms with E-state index in [4.69, 9.17) is 10.9 Å². The summed E-state index contributed by atoms with van der Waals surface area (Å²) in [5, 5.41) is 13.8. The van der Waals surface area contributed by atoms with Gasteiger partial charge in [0.1, 0.15) is 0 Å². The van der Waals surface area contributed by atoms with Crippen molar-refractivity contribution in [3.8, 4) is 0 Å². The lowest BCUT2D eigenvalue weighted by Gasteiger charge is -2.34. The number of nitrogens with zero attached hydrogens (tertiary/aromatic N) is 3. The summed E-state index contributed by atoms with van der Waals surface area (Å²) >= 11 is 0. The summed E-state index contributed by atoms with van der Waals surface area (Å²) < 4.78 is 0. The van der Waals surface area contributed by atoms with E-state index in [1.807, 2.05) is 6.92 Å². The second kappa shape index (κ2) is 5.89. The molecule has 15 heavy (non-hydrogen) atoms. The third-order valence-corrected chi connectivity index (χ3v) is 2.72. The van der Waals surface area contributed by atoms with Gasteiger partial charge in [0.15, 0.2) is 5.84 Å². The summed E-state index contributed by atoms with van der Waals surface area (Å²) in [5.41, 5.74) is 8.84. The zero-order valence-corrected chi connectivity index (χ0v) is 9.48. The maximum atomic E-state index is 8.60. The summed E-state index contributed by atoms with van der Waals surface area (Å²) in [6, 6.07) is -0.0709. The fourth-order valence-corrected chi connectivity index (χ4v) is 1.59. The number of likely N-dealkylation sites (N-methyl/N-ethyl adjacent to an activating group) is 1. The molecule has 0 radical (unpaired) electrons. The molecule has 0 aromatic heterocycles. The average Bonchev–Trinajstić information content (AvgIpc) is 2.27. The molecule has 1 rings (SSSR count). The fourth-order valence-electron chi connectivity index (χ4n) is 1.59. The predicted octanol–water partition coefficient (Wildman–Crippen LogP) is -0.737. The van der Waals surface area contributed by atoms with Crippen molar-refractivity contribution in [3.63, 3.8) is 0 Å². The van der Waals surface area contributed by atoms with Crippen LogP contribution in [0.15, 0.2) is 5.16 Å². The Morgan fingerprint density at radius 3 is 2.53 bits per heavy atom. The first-order valence-electron chi connectivity index (χ1n) is 5.34. The average molecular weight is 215 g/mol. The Hall–Kier alpha value is -0.850. The van der Waals surface area contributed by atoms with Crippen LogP contribution < -0.4 is 11.2 Å². The minimum Gasteiger partial charge on any atom is -0.409 e. The molecule has 4 N–H and O–H groups in total. The minimum atomic E-state index is -0.0709. The van der Waals surface area contributed by atoms with E-state index in [1.165, 1.54) is 0 Å². The molecule has 1 fully saturated rings. The Morgan fingerprint density at radius 2 is 2.07 bits per heavy atom. The van der Waals surface area contributed by atoms with Crippen molar-refractivity contribution in [2.75, 3.05) is 33.2 Å². The van der Waals surface area contributed by atoms with E-state index in [9.17, 15) is 0 Å². The lowest BCUT2D eigenvalue weighted by atomic mass is 10.2. The Kier molecular flexibility index (Phi) is 4.80. The highest BCUT2D eigenvalue weighted by Gasteiger charge is 2.18. The molecule has 88 valence electrons. The first kappa shape index (κ1) is 12.2. The van der Waals surface area contributed by atoms with Gasteiger partial charge in [-0.25, -0.2) is 10.4 Å². The van der Waals surface area contributed by atoms with E-state index in [0.29, 0.717) is 0 Å². The number of amidine groups is 1. The highest BCUT2D eigenvalue weighted by Crippen LogP contribution is 1.99. The normalized spacial score (nSPS) is 22.9. The van der Waals surface area contributed by atoms with Crippen molar-refractivity contribution < 1.29 is 5.21 Å². The zero-order chi connectivity index (χ0) is 11.3. The molecule has 0 saturated carbocycles. The molecular weight excluding hydrogens is 194 g/mol. The standard InChI is InChI=1S/C9H21N5O/c1-3-8(9(10)12-15)11-14-6-4-13(2)5-7-14/h8,11,15H,3-7H2,1-2H3,(H2,10,12). The van der Waals surface area contributed by atoms with Crippen molar-refractivity contribution in [1.82, 2.24) is 15.3 Å². The second-order valence-electron chi connectivity index (χ2n) is 3.91. The molecule has 1 aliphatic rings. The van der Waals surface area contributed by atoms with Gasteiger partial charge in [0.2, 0.25) is 0 Å². The minimum absolute atomic E-state index is 0.0709. The Labute approximate surface area is 90.7 Å². The molecular formula is C9H21N5O. The van der Waals surface area contributed by atoms with Crippen LogP contribution in [0.5, 0.6) is 0 Å². The molecule has 1 unspecified atom stereocenters. The number of hydrogen-bond donors (Lipinski definition) is 3. The zero-order valence-electron chi connectivity index (χ0n) is 9.48. The predicted molar refractivity (Wildman–Crippen MR) is 59.7 cm³/mol. The molecule has 1 heterocycles. The van der Waals surface area contributed by atoms with E-state index in [1.54, 1.807) is 0 Å². The maximum Gasteiger partial charge on any atom is 0.157 e. The van der Waals surface area contributed by atoms with E-state index in [-0.39, 0.29) is 11.9 Å². The monoisotopic (exact) mass is 215 g/mol. The van der Waals surface area contributed by atoms with Crippen molar-refractivity contribution in [3.05, 3.63) is 0 Å². The number of nitrogens with two attached hydrogens (primary N) is 1. The van der Waals surface area contributed by atoms with Crippen LogP contribution in [0.2, 0.25) is 0 Å². The van der Waals surface area contributed by atoms with E-state index < -0.39 is 0 Å². The van der Waals surface area contributed by atoms with Gasteiger partial charge in [-0.3, -0.25) is 0 Å². The van der Waals surface area contributed by atoms with Crippen LogP contribution >= 0.6 is 0 Å². The maximum absolute atomic E-state index is 8.60. The molecule has 1 saturated heterocycles. The van der Waals surface area contributed by atoms with Crippen molar-refractivity contribution in [1.29, 1.82) is 0 Å². The Balaban J connectivity index is 2.39. The number of nitrogens with one attached hydrogen (secondary N) is 1. The van der Waals surface area contributed by atoms with Gasteiger partial charge in [0.05, 0.1) is 6.04 Å². The highest BCUT2D eigenvalue weighted by molar-refractivity contribution is 5.85. The summed E-state index contributed by atoms with van der Waals surface area (Å²) in [4.78, 5) is 2.28. The van der Waals surface area contributed by atoms with Crippen LogP contribution in [-0.4, -0.2) is 60.2 Å². The van der Waals surface area contributed by atoms with Gasteiger partial charge in [-0.15, -0.1) is 0 Å². The van der Waals surface area contributed by atoms with Crippen molar-refractivity contribution in [2.24, 2.45) is 10.9 Å². The van der Waals surface area contributed by atoms with Crippen LogP contribution in [0, 0.1) is 0 Å². The number of piperazine rings is 1. The molecule has 0 amide bonds. The van der Waals surface area contributed by atoms with Gasteiger partial charge >= 0.3 is 0 Å². The van der Waals surface area contributed by atoms with Gasteiger partial charge in [-0.05, 0) is 13.5 Å². The van der Waals surface area contributed by atoms with Crippen molar-refractivity contribution >= 4 is 5.84 Å². The third-order valence-electron chi connectivity index (χ3n) is 2.72. The Morgan fingerprint density at radius 1 is 1.47 bits per heavy atom. The molecule has 0 aromatic carbocycles. The topological polar surface area (TPSA) is 77.1 Å². The molecule has 6 nitrogen and oxygen atoms in total. The third kappa shape index (κ3) is 3.65. The molecule has 0 aliphatic carbocycles. The largest absolute Gasteiger partial charge is 0.409 e. The molecule has 0 spiro atoms. The fraction of sp³-hybridized carbons (Fsp3) is 0.889. The molecule has 1 aliphatic heterocycles. The van der Waals surface area contributed by atoms with E-state index in [2.05, 4.69) is 27.5 Å². The second-order valence-corrected chi connectivity index (χ2v) is 3.91. The van der Waals surface area contributed by atoms with Crippen LogP contribution in [-0.2, 0) is 0 Å². The number of rotatable bonds is 4. The lowest BCUT2D eigenvalue weighted by Crippen LogP contribution is -2.56. The Bertz CT molecular complexity index is 213. The molecule has 1 atom stereocenters.